The van der Waals surface area contributed by atoms with Crippen LogP contribution >= 0.6 is 69.6 Å². The fourth-order valence-corrected chi connectivity index (χ4v) is 19.0. The Hall–Kier alpha value is -6.08. The third-order valence-electron chi connectivity index (χ3n) is 20.2. The third-order valence-corrected chi connectivity index (χ3v) is 26.6. The van der Waals surface area contributed by atoms with Crippen LogP contribution in [0.1, 0.15) is 126 Å². The number of rotatable bonds is 56. The van der Waals surface area contributed by atoms with Crippen LogP contribution in [-0.2, 0) is 106 Å². The van der Waals surface area contributed by atoms with E-state index in [0.717, 1.165) is 121 Å². The number of nitriles is 1. The Kier molecular flexibility index (Phi) is 49.6. The molecule has 3 atom stereocenters. The molecule has 0 aromatic heterocycles. The zero-order valence-electron chi connectivity index (χ0n) is 71.2. The molecule has 0 unspecified atom stereocenters. The fraction of sp³-hybridized carbons (Fsp3) is 0.540. The molecule has 9 rings (SSSR count). The van der Waals surface area contributed by atoms with Crippen molar-refractivity contribution in [2.24, 2.45) is 10.7 Å². The van der Waals surface area contributed by atoms with Crippen molar-refractivity contribution >= 4 is 117 Å². The molecule has 0 bridgehead atoms. The number of ketones is 1. The highest BCUT2D eigenvalue weighted by Crippen LogP contribution is 2.42. The lowest BCUT2D eigenvalue weighted by molar-refractivity contribution is -0.119. The number of fused-ring (bicyclic) bond motifs is 3. The average molecular weight is 1920 g/mol. The van der Waals surface area contributed by atoms with E-state index >= 15 is 0 Å². The molecule has 0 saturated carbocycles. The second kappa shape index (κ2) is 58.6. The van der Waals surface area contributed by atoms with Gasteiger partial charge in [-0.25, -0.2) is 49.3 Å². The lowest BCUT2D eigenvalue weighted by atomic mass is 9.85. The highest BCUT2D eigenvalue weighted by molar-refractivity contribution is 7.91. The lowest BCUT2D eigenvalue weighted by Crippen LogP contribution is -2.37. The minimum Gasteiger partial charge on any atom is -0.428 e. The Morgan fingerprint density at radius 1 is 0.432 bits per heavy atom. The number of amides is 2. The molecule has 0 radical (unpaired) electrons. The van der Waals surface area contributed by atoms with Crippen LogP contribution in [0.5, 0.6) is 0 Å². The van der Waals surface area contributed by atoms with Gasteiger partial charge in [-0.2, -0.15) is 5.26 Å². The maximum absolute atomic E-state index is 13.0. The van der Waals surface area contributed by atoms with Gasteiger partial charge in [0.05, 0.1) is 133 Å². The summed E-state index contributed by atoms with van der Waals surface area (Å²) in [6.07, 6.45) is 8.78. The van der Waals surface area contributed by atoms with Crippen molar-refractivity contribution in [1.29, 1.82) is 5.26 Å². The number of carbonyl (C=O) groups is 2. The number of urea groups is 1. The Morgan fingerprint density at radius 3 is 1.19 bits per heavy atom. The first kappa shape index (κ1) is 106. The summed E-state index contributed by atoms with van der Waals surface area (Å²) >= 11 is 38.4. The fourth-order valence-electron chi connectivity index (χ4n) is 14.0. The molecule has 690 valence electrons. The van der Waals surface area contributed by atoms with E-state index in [-0.39, 0.29) is 76.3 Å². The van der Waals surface area contributed by atoms with E-state index in [4.69, 9.17) is 123 Å². The Balaban J connectivity index is 0.000000389. The van der Waals surface area contributed by atoms with E-state index in [1.54, 1.807) is 60.9 Å². The number of carbonyl (C=O) groups excluding carboxylic acids is 3. The van der Waals surface area contributed by atoms with Gasteiger partial charge in [0.25, 0.3) is 6.26 Å². The van der Waals surface area contributed by atoms with Crippen LogP contribution in [0.4, 0.5) is 4.79 Å². The normalized spacial score (nSPS) is 15.4. The van der Waals surface area contributed by atoms with Gasteiger partial charge in [-0.15, -0.1) is 0 Å². The van der Waals surface area contributed by atoms with Gasteiger partial charge in [0.1, 0.15) is 12.4 Å². The molecule has 3 aliphatic rings. The van der Waals surface area contributed by atoms with Gasteiger partial charge < -0.3 is 78.4 Å². The lowest BCUT2D eigenvalue weighted by Gasteiger charge is -2.33. The molecule has 3 heterocycles. The van der Waals surface area contributed by atoms with Crippen LogP contribution in [-0.4, -0.2) is 269 Å². The van der Waals surface area contributed by atoms with Crippen molar-refractivity contribution in [3.05, 3.63) is 189 Å². The summed E-state index contributed by atoms with van der Waals surface area (Å²) in [5.41, 5.74) is 14.7. The maximum atomic E-state index is 13.0. The summed E-state index contributed by atoms with van der Waals surface area (Å²) in [5, 5.41) is 17.1. The number of nitrogens with two attached hydrogens (primary N) is 1. The summed E-state index contributed by atoms with van der Waals surface area (Å²) in [4.78, 5) is 44.5. The Labute approximate surface area is 766 Å². The summed E-state index contributed by atoms with van der Waals surface area (Å²) in [6, 6.07) is 31.8. The van der Waals surface area contributed by atoms with Gasteiger partial charge in [-0.1, -0.05) is 112 Å². The second-order valence-corrected chi connectivity index (χ2v) is 38.0. The van der Waals surface area contributed by atoms with Gasteiger partial charge >= 0.3 is 6.03 Å². The molecule has 29 nitrogen and oxygen atoms in total. The minimum atomic E-state index is -3.73. The number of nitrogens with zero attached hydrogens (tertiary/aromatic N) is 5. The number of isocyanates is 1. The molecule has 0 fully saturated rings. The number of sulfonamides is 2. The molecule has 2 amide bonds. The number of aliphatic imine (C=N–C) groups is 1. The summed E-state index contributed by atoms with van der Waals surface area (Å²) in [5.74, 6) is 0.256. The van der Waals surface area contributed by atoms with Crippen molar-refractivity contribution in [3.63, 3.8) is 0 Å². The first-order valence-corrected chi connectivity index (χ1v) is 48.6. The Bertz CT molecular complexity index is 4510. The van der Waals surface area contributed by atoms with Gasteiger partial charge in [-0.3, -0.25) is 4.79 Å². The standard InChI is InChI=1S/C57H77Cl4N5O12S2.C24H33Cl2N3O5S.C6H8N2O2/c1-65-38-51(49-34-44(58)36-55(60)53(49)40-65)42-10-14-47(15-11-42)79(69,70)33-7-22-74-26-30-77-29-25-73-21-6-9-46(67)8-4-3-5-18-62-57(68)63-19-23-75-27-31-78-32-28-76-24-20-64-80(71,72)48-16-12-43(13-17-48)52-39-66(2)41-54-50(52)35-45(59)37-56(54)61;1-29-16-22(21-14-19(25)15-24(26)23(21)17-29)18-2-4-20(5-3-18)35(30,31)28-7-9-33-11-13-34-12-10-32-8-6-27;7-5-10-4-2-1-3-8-6-9/h10-17,34-37,51-52,64H,3-9,18-33,38-41H2,1-2H3,(H2,62,63,68);2-5,14-15,22,28H,6-13,16-17,27H2,1H3;1-4H2/t51-,52-;22-;/m00./s1. The number of hydrogen-bond acceptors (Lipinski definition) is 25. The molecule has 38 heteroatoms. The van der Waals surface area contributed by atoms with Gasteiger partial charge in [0, 0.05) is 146 Å². The van der Waals surface area contributed by atoms with E-state index in [9.17, 15) is 39.6 Å². The first-order valence-electron chi connectivity index (χ1n) is 41.7. The van der Waals surface area contributed by atoms with Crippen molar-refractivity contribution in [2.75, 3.05) is 211 Å². The van der Waals surface area contributed by atoms with Gasteiger partial charge in [-0.05, 0) is 183 Å². The molecule has 6 aromatic rings. The molecule has 125 heavy (non-hydrogen) atoms. The number of unbranched alkanes of at least 4 members (excludes halogenated alkanes) is 3. The highest BCUT2D eigenvalue weighted by Gasteiger charge is 2.32. The maximum Gasteiger partial charge on any atom is 0.314 e. The molecule has 0 spiro atoms. The monoisotopic (exact) mass is 1910 g/mol. The van der Waals surface area contributed by atoms with Crippen LogP contribution in [0.15, 0.2) is 129 Å². The van der Waals surface area contributed by atoms with Crippen LogP contribution in [0.3, 0.4) is 0 Å². The molecule has 3 aliphatic heterocycles. The zero-order chi connectivity index (χ0) is 90.3. The van der Waals surface area contributed by atoms with Crippen LogP contribution in [0, 0.1) is 11.5 Å². The molecule has 6 N–H and O–H groups in total. The predicted molar refractivity (Wildman–Crippen MR) is 485 cm³/mol. The average Bonchev–Trinajstić information content (AvgIpc) is 0.783. The van der Waals surface area contributed by atoms with Crippen molar-refractivity contribution in [3.8, 4) is 6.26 Å². The van der Waals surface area contributed by atoms with E-state index in [1.165, 1.54) is 6.08 Å². The number of hydrogen-bond donors (Lipinski definition) is 5. The quantitative estimate of drug-likeness (QED) is 0.0102. The molecule has 0 aliphatic carbocycles. The smallest absolute Gasteiger partial charge is 0.314 e. The summed E-state index contributed by atoms with van der Waals surface area (Å²) in [6.45, 7) is 13.6. The molecule has 6 aromatic carbocycles. The van der Waals surface area contributed by atoms with Crippen LogP contribution in [0.25, 0.3) is 0 Å². The van der Waals surface area contributed by atoms with E-state index in [1.807, 2.05) is 75.7 Å². The number of nitrogens with one attached hydrogen (secondary N) is 4. The van der Waals surface area contributed by atoms with Crippen molar-refractivity contribution in [1.82, 2.24) is 34.8 Å². The number of ether oxygens (including phenoxy) is 10. The number of sulfone groups is 1. The largest absolute Gasteiger partial charge is 0.428 e. The van der Waals surface area contributed by atoms with Crippen LogP contribution in [0.2, 0.25) is 30.1 Å². The number of benzene rings is 6. The van der Waals surface area contributed by atoms with Gasteiger partial charge in [0.2, 0.25) is 26.1 Å². The molecule has 0 saturated heterocycles. The first-order chi connectivity index (χ1) is 60.2. The number of likely N-dealkylation sites (N-methyl/N-ethyl adjacent to an activating group) is 3. The summed E-state index contributed by atoms with van der Waals surface area (Å²) in [7, 11) is -4.74. The van der Waals surface area contributed by atoms with Crippen molar-refractivity contribution < 1.29 is 87.0 Å². The molecular formula is C87H118Cl6N10O19S3. The summed E-state index contributed by atoms with van der Waals surface area (Å²) < 4.78 is 136. The Morgan fingerprint density at radius 2 is 0.792 bits per heavy atom. The van der Waals surface area contributed by atoms with Crippen LogP contribution < -0.4 is 25.8 Å². The van der Waals surface area contributed by atoms with Crippen molar-refractivity contribution in [2.45, 2.75) is 110 Å². The highest BCUT2D eigenvalue weighted by atomic mass is 35.5. The third kappa shape index (κ3) is 38.9. The predicted octanol–water partition coefficient (Wildman–Crippen LogP) is 12.4. The zero-order valence-corrected chi connectivity index (χ0v) is 78.2. The van der Waals surface area contributed by atoms with E-state index in [0.29, 0.717) is 194 Å². The number of halogens is 6. The molecular weight excluding hydrogens is 1800 g/mol. The topological polar surface area (TPSA) is 366 Å². The number of Topliss-reactive ketones (excluding diaryl/α,β-unsaturated/α-hetero) is 1. The second-order valence-electron chi connectivity index (χ2n) is 29.8. The minimum absolute atomic E-state index is 0.00808. The van der Waals surface area contributed by atoms with E-state index in [2.05, 4.69) is 44.5 Å². The SMILES string of the molecule is CN1Cc2c(Cl)cc(Cl)cc2[C@H](c2ccc(S(=O)(=O)CCCOCCOCCOCCCC(=O)CCCCCNC(=O)NCCOCCOCCOCCNS(=O)(=O)c3ccc([C@@H]4CN(C)Cc5c(Cl)cc(Cl)cc54)cc3)cc2)C1.CN1Cc2c(Cl)cc(Cl)cc2[C@H](c2ccc(S(=O)(=O)NCCOCCOCCOCCN)cc2)C1.N#COCCCCN=C=O. The van der Waals surface area contributed by atoms with E-state index < -0.39 is 29.9 Å². The van der Waals surface area contributed by atoms with Gasteiger partial charge in [0.15, 0.2) is 9.84 Å².